The van der Waals surface area contributed by atoms with Gasteiger partial charge in [0.1, 0.15) is 5.75 Å². The van der Waals surface area contributed by atoms with Crippen molar-refractivity contribution in [3.05, 3.63) is 54.1 Å². The van der Waals surface area contributed by atoms with Gasteiger partial charge in [0.25, 0.3) is 5.91 Å². The highest BCUT2D eigenvalue weighted by atomic mass is 32.1. The molecule has 2 N–H and O–H groups in total. The summed E-state index contributed by atoms with van der Waals surface area (Å²) in [5.41, 5.74) is 2.61. The first-order valence-corrected chi connectivity index (χ1v) is 11.0. The third-order valence-electron chi connectivity index (χ3n) is 5.19. The topological polar surface area (TPSA) is 53.6 Å². The first-order chi connectivity index (χ1) is 14.4. The molecule has 2 aromatic carbocycles. The Balaban J connectivity index is 1.51. The highest BCUT2D eigenvalue weighted by molar-refractivity contribution is 7.80. The van der Waals surface area contributed by atoms with Crippen LogP contribution < -0.4 is 20.3 Å². The number of carbonyl (C=O) groups is 1. The summed E-state index contributed by atoms with van der Waals surface area (Å²) in [6.07, 6.45) is 3.78. The minimum atomic E-state index is -0.248. The first-order valence-electron chi connectivity index (χ1n) is 10.6. The van der Waals surface area contributed by atoms with Crippen molar-refractivity contribution in [3.8, 4) is 5.75 Å². The van der Waals surface area contributed by atoms with Gasteiger partial charge in [-0.3, -0.25) is 10.1 Å². The van der Waals surface area contributed by atoms with Crippen molar-refractivity contribution in [1.29, 1.82) is 0 Å². The monoisotopic (exact) mass is 425 g/mol. The smallest absolute Gasteiger partial charge is 0.257 e. The molecule has 6 heteroatoms. The van der Waals surface area contributed by atoms with Crippen molar-refractivity contribution in [2.24, 2.45) is 5.92 Å². The Morgan fingerprint density at radius 2 is 1.83 bits per heavy atom. The van der Waals surface area contributed by atoms with Crippen LogP contribution in [-0.4, -0.2) is 30.2 Å². The van der Waals surface area contributed by atoms with Crippen LogP contribution in [0.5, 0.6) is 5.75 Å². The number of piperidine rings is 1. The molecule has 5 nitrogen and oxygen atoms in total. The maximum atomic E-state index is 12.4. The zero-order valence-corrected chi connectivity index (χ0v) is 18.8. The second-order valence-corrected chi connectivity index (χ2v) is 8.63. The number of rotatable bonds is 6. The van der Waals surface area contributed by atoms with Gasteiger partial charge in [-0.15, -0.1) is 0 Å². The lowest BCUT2D eigenvalue weighted by Gasteiger charge is -2.35. The fourth-order valence-electron chi connectivity index (χ4n) is 3.52. The molecule has 1 heterocycles. The molecule has 2 aromatic rings. The van der Waals surface area contributed by atoms with E-state index in [-0.39, 0.29) is 11.0 Å². The van der Waals surface area contributed by atoms with Gasteiger partial charge in [0.2, 0.25) is 0 Å². The molecule has 160 valence electrons. The van der Waals surface area contributed by atoms with E-state index < -0.39 is 0 Å². The van der Waals surface area contributed by atoms with Crippen LogP contribution in [0.2, 0.25) is 0 Å². The predicted molar refractivity (Wildman–Crippen MR) is 128 cm³/mol. The molecule has 0 spiro atoms. The Morgan fingerprint density at radius 3 is 2.47 bits per heavy atom. The van der Waals surface area contributed by atoms with Gasteiger partial charge in [-0.25, -0.2) is 0 Å². The van der Waals surface area contributed by atoms with E-state index in [1.165, 1.54) is 24.9 Å². The number of thiocarbonyl (C=S) groups is 1. The molecule has 1 atom stereocenters. The number of nitrogens with one attached hydrogen (secondary N) is 2. The summed E-state index contributed by atoms with van der Waals surface area (Å²) in [5.74, 6) is 0.958. The van der Waals surface area contributed by atoms with E-state index in [2.05, 4.69) is 48.4 Å². The lowest BCUT2D eigenvalue weighted by molar-refractivity contribution is 0.0977. The minimum Gasteiger partial charge on any atom is -0.493 e. The summed E-state index contributed by atoms with van der Waals surface area (Å²) in [5, 5.41) is 6.09. The quantitative estimate of drug-likeness (QED) is 0.621. The van der Waals surface area contributed by atoms with Gasteiger partial charge in [0.05, 0.1) is 6.61 Å². The molecule has 1 aliphatic heterocycles. The largest absolute Gasteiger partial charge is 0.493 e. The second-order valence-electron chi connectivity index (χ2n) is 8.22. The number of carbonyl (C=O) groups excluding carboxylic acids is 1. The van der Waals surface area contributed by atoms with E-state index in [4.69, 9.17) is 17.0 Å². The predicted octanol–water partition coefficient (Wildman–Crippen LogP) is 5.23. The number of anilines is 2. The average Bonchev–Trinajstić information content (AvgIpc) is 2.73. The van der Waals surface area contributed by atoms with E-state index in [0.717, 1.165) is 18.0 Å². The van der Waals surface area contributed by atoms with Crippen molar-refractivity contribution in [2.75, 3.05) is 23.4 Å². The Hall–Kier alpha value is -2.60. The fourth-order valence-corrected chi connectivity index (χ4v) is 3.73. The van der Waals surface area contributed by atoms with Crippen molar-refractivity contribution >= 4 is 34.6 Å². The van der Waals surface area contributed by atoms with E-state index in [1.807, 2.05) is 12.1 Å². The van der Waals surface area contributed by atoms with Crippen LogP contribution in [0.3, 0.4) is 0 Å². The van der Waals surface area contributed by atoms with Gasteiger partial charge in [-0.1, -0.05) is 13.8 Å². The third kappa shape index (κ3) is 6.20. The summed E-state index contributed by atoms with van der Waals surface area (Å²) >= 11 is 5.31. The number of ether oxygens (including phenoxy) is 1. The normalized spacial score (nSPS) is 16.3. The Labute approximate surface area is 184 Å². The summed E-state index contributed by atoms with van der Waals surface area (Å²) in [7, 11) is 0. The highest BCUT2D eigenvalue weighted by Crippen LogP contribution is 2.25. The maximum Gasteiger partial charge on any atom is 0.257 e. The molecule has 0 bridgehead atoms. The number of nitrogens with zero attached hydrogens (tertiary/aromatic N) is 1. The lowest BCUT2D eigenvalue weighted by atomic mass is 10.0. The van der Waals surface area contributed by atoms with Crippen LogP contribution in [0.4, 0.5) is 11.4 Å². The van der Waals surface area contributed by atoms with Crippen LogP contribution in [0, 0.1) is 5.92 Å². The SMILES string of the molecule is CC(C)COc1ccc(C(=O)NC(=S)Nc2ccc(N3CCCCC3C)cc2)cc1. The molecular weight excluding hydrogens is 394 g/mol. The van der Waals surface area contributed by atoms with Gasteiger partial charge in [0.15, 0.2) is 5.11 Å². The lowest BCUT2D eigenvalue weighted by Crippen LogP contribution is -2.37. The van der Waals surface area contributed by atoms with Gasteiger partial charge in [-0.05, 0) is 92.9 Å². The Morgan fingerprint density at radius 1 is 1.13 bits per heavy atom. The van der Waals surface area contributed by atoms with Crippen molar-refractivity contribution in [1.82, 2.24) is 5.32 Å². The van der Waals surface area contributed by atoms with Gasteiger partial charge >= 0.3 is 0 Å². The van der Waals surface area contributed by atoms with Crippen LogP contribution in [0.15, 0.2) is 48.5 Å². The number of benzene rings is 2. The van der Waals surface area contributed by atoms with E-state index in [0.29, 0.717) is 24.1 Å². The van der Waals surface area contributed by atoms with Crippen LogP contribution >= 0.6 is 12.2 Å². The Bertz CT molecular complexity index is 850. The average molecular weight is 426 g/mol. The van der Waals surface area contributed by atoms with E-state index >= 15 is 0 Å². The van der Waals surface area contributed by atoms with Crippen molar-refractivity contribution in [3.63, 3.8) is 0 Å². The second kappa shape index (κ2) is 10.4. The zero-order chi connectivity index (χ0) is 21.5. The maximum absolute atomic E-state index is 12.4. The molecule has 1 amide bonds. The summed E-state index contributed by atoms with van der Waals surface area (Å²) in [4.78, 5) is 14.9. The minimum absolute atomic E-state index is 0.248. The number of amides is 1. The van der Waals surface area contributed by atoms with Gasteiger partial charge in [-0.2, -0.15) is 0 Å². The standard InChI is InChI=1S/C24H31N3O2S/c1-17(2)16-29-22-13-7-19(8-14-22)23(28)26-24(30)25-20-9-11-21(12-10-20)27-15-5-4-6-18(27)3/h7-14,17-18H,4-6,15-16H2,1-3H3,(H2,25,26,28,30). The van der Waals surface area contributed by atoms with Crippen molar-refractivity contribution in [2.45, 2.75) is 46.1 Å². The van der Waals surface area contributed by atoms with Crippen LogP contribution in [-0.2, 0) is 0 Å². The summed E-state index contributed by atoms with van der Waals surface area (Å²) < 4.78 is 5.65. The molecule has 3 rings (SSSR count). The molecule has 1 aliphatic rings. The molecule has 1 fully saturated rings. The fraction of sp³-hybridized carbons (Fsp3) is 0.417. The van der Waals surface area contributed by atoms with Crippen molar-refractivity contribution < 1.29 is 9.53 Å². The van der Waals surface area contributed by atoms with Crippen LogP contribution in [0.1, 0.15) is 50.4 Å². The summed E-state index contributed by atoms with van der Waals surface area (Å²) in [6.45, 7) is 8.21. The number of hydrogen-bond donors (Lipinski definition) is 2. The molecule has 0 aliphatic carbocycles. The molecule has 1 saturated heterocycles. The number of hydrogen-bond acceptors (Lipinski definition) is 4. The van der Waals surface area contributed by atoms with E-state index in [1.54, 1.807) is 24.3 Å². The van der Waals surface area contributed by atoms with Gasteiger partial charge < -0.3 is 15.0 Å². The Kier molecular flexibility index (Phi) is 7.69. The zero-order valence-electron chi connectivity index (χ0n) is 18.0. The summed E-state index contributed by atoms with van der Waals surface area (Å²) in [6, 6.07) is 15.8. The first kappa shape index (κ1) is 22.1. The molecule has 0 radical (unpaired) electrons. The molecule has 0 aromatic heterocycles. The van der Waals surface area contributed by atoms with Gasteiger partial charge in [0, 0.05) is 29.5 Å². The molecule has 0 saturated carbocycles. The van der Waals surface area contributed by atoms with E-state index in [9.17, 15) is 4.79 Å². The molecule has 30 heavy (non-hydrogen) atoms. The highest BCUT2D eigenvalue weighted by Gasteiger charge is 2.18. The molecular formula is C24H31N3O2S. The van der Waals surface area contributed by atoms with Crippen LogP contribution in [0.25, 0.3) is 0 Å². The molecule has 1 unspecified atom stereocenters. The third-order valence-corrected chi connectivity index (χ3v) is 5.39.